The van der Waals surface area contributed by atoms with Gasteiger partial charge in [0, 0.05) is 5.56 Å². The van der Waals surface area contributed by atoms with Gasteiger partial charge in [-0.05, 0) is 49.1 Å². The largest absolute Gasteiger partial charge is 0.496 e. The first-order valence-corrected chi connectivity index (χ1v) is 5.93. The molecule has 2 aromatic rings. The van der Waals surface area contributed by atoms with E-state index in [-0.39, 0.29) is 5.88 Å². The van der Waals surface area contributed by atoms with Crippen LogP contribution in [0.25, 0.3) is 11.1 Å². The summed E-state index contributed by atoms with van der Waals surface area (Å²) < 4.78 is 10.6. The molecule has 0 aliphatic heterocycles. The number of rotatable bonds is 2. The van der Waals surface area contributed by atoms with Gasteiger partial charge in [0.25, 0.3) is 0 Å². The SMILES string of the molecule is COc1c(C)cc(-c2coc(N)c2C#N)c(C)c1C. The molecule has 0 aliphatic carbocycles. The molecule has 0 radical (unpaired) electrons. The van der Waals surface area contributed by atoms with Gasteiger partial charge in [-0.2, -0.15) is 5.26 Å². The van der Waals surface area contributed by atoms with Crippen LogP contribution in [0.2, 0.25) is 0 Å². The van der Waals surface area contributed by atoms with Crippen LogP contribution in [0, 0.1) is 32.1 Å². The maximum Gasteiger partial charge on any atom is 0.208 e. The number of hydrogen-bond acceptors (Lipinski definition) is 4. The fraction of sp³-hybridized carbons (Fsp3) is 0.267. The van der Waals surface area contributed by atoms with E-state index in [9.17, 15) is 0 Å². The van der Waals surface area contributed by atoms with E-state index < -0.39 is 0 Å². The molecule has 0 saturated carbocycles. The molecule has 4 heteroatoms. The molecule has 0 amide bonds. The van der Waals surface area contributed by atoms with Crippen molar-refractivity contribution in [3.8, 4) is 22.9 Å². The lowest BCUT2D eigenvalue weighted by atomic mass is 9.93. The Bertz CT molecular complexity index is 678. The first-order chi connectivity index (χ1) is 9.01. The first-order valence-electron chi connectivity index (χ1n) is 5.93. The molecule has 2 rings (SSSR count). The van der Waals surface area contributed by atoms with Crippen molar-refractivity contribution in [2.24, 2.45) is 0 Å². The van der Waals surface area contributed by atoms with E-state index >= 15 is 0 Å². The Morgan fingerprint density at radius 3 is 2.47 bits per heavy atom. The normalized spacial score (nSPS) is 10.3. The summed E-state index contributed by atoms with van der Waals surface area (Å²) in [5.41, 5.74) is 10.8. The maximum absolute atomic E-state index is 9.17. The third-order valence-electron chi connectivity index (χ3n) is 3.45. The molecule has 0 atom stereocenters. The molecule has 4 nitrogen and oxygen atoms in total. The third-order valence-corrected chi connectivity index (χ3v) is 3.45. The molecule has 0 fully saturated rings. The van der Waals surface area contributed by atoms with Gasteiger partial charge in [0.05, 0.1) is 7.11 Å². The van der Waals surface area contributed by atoms with Gasteiger partial charge in [0.1, 0.15) is 23.6 Å². The van der Waals surface area contributed by atoms with E-state index in [2.05, 4.69) is 6.07 Å². The standard InChI is InChI=1S/C15H16N2O2/c1-8-5-11(9(2)10(3)14(8)18-4)13-7-19-15(17)12(13)6-16/h5,7H,17H2,1-4H3. The van der Waals surface area contributed by atoms with Crippen LogP contribution in [0.5, 0.6) is 5.75 Å². The topological polar surface area (TPSA) is 72.2 Å². The lowest BCUT2D eigenvalue weighted by molar-refractivity contribution is 0.408. The summed E-state index contributed by atoms with van der Waals surface area (Å²) in [5, 5.41) is 9.17. The summed E-state index contributed by atoms with van der Waals surface area (Å²) in [4.78, 5) is 0. The van der Waals surface area contributed by atoms with Crippen molar-refractivity contribution in [2.75, 3.05) is 12.8 Å². The molecule has 2 N–H and O–H groups in total. The molecular weight excluding hydrogens is 240 g/mol. The number of hydrogen-bond donors (Lipinski definition) is 1. The number of aryl methyl sites for hydroxylation is 1. The minimum absolute atomic E-state index is 0.156. The number of nitriles is 1. The highest BCUT2D eigenvalue weighted by molar-refractivity contribution is 5.79. The fourth-order valence-electron chi connectivity index (χ4n) is 2.34. The lowest BCUT2D eigenvalue weighted by Gasteiger charge is -2.15. The predicted molar refractivity (Wildman–Crippen MR) is 74.0 cm³/mol. The van der Waals surface area contributed by atoms with Crippen LogP contribution in [0.3, 0.4) is 0 Å². The zero-order valence-electron chi connectivity index (χ0n) is 11.5. The lowest BCUT2D eigenvalue weighted by Crippen LogP contribution is -1.97. The Hall–Kier alpha value is -2.41. The van der Waals surface area contributed by atoms with E-state index in [1.165, 1.54) is 6.26 Å². The number of furan rings is 1. The highest BCUT2D eigenvalue weighted by atomic mass is 16.5. The average molecular weight is 256 g/mol. The van der Waals surface area contributed by atoms with Gasteiger partial charge in [-0.15, -0.1) is 0 Å². The van der Waals surface area contributed by atoms with Crippen molar-refractivity contribution < 1.29 is 9.15 Å². The van der Waals surface area contributed by atoms with Gasteiger partial charge in [-0.25, -0.2) is 0 Å². The second kappa shape index (κ2) is 4.69. The number of nitrogen functional groups attached to an aromatic ring is 1. The molecule has 0 bridgehead atoms. The quantitative estimate of drug-likeness (QED) is 0.894. The number of methoxy groups -OCH3 is 1. The Morgan fingerprint density at radius 1 is 1.21 bits per heavy atom. The van der Waals surface area contributed by atoms with Gasteiger partial charge in [0.2, 0.25) is 5.88 Å². The summed E-state index contributed by atoms with van der Waals surface area (Å²) in [6.45, 7) is 5.97. The highest BCUT2D eigenvalue weighted by Gasteiger charge is 2.18. The minimum atomic E-state index is 0.156. The smallest absolute Gasteiger partial charge is 0.208 e. The molecule has 0 saturated heterocycles. The van der Waals surface area contributed by atoms with Crippen LogP contribution >= 0.6 is 0 Å². The molecule has 0 spiro atoms. The van der Waals surface area contributed by atoms with Crippen molar-refractivity contribution in [2.45, 2.75) is 20.8 Å². The van der Waals surface area contributed by atoms with E-state index in [4.69, 9.17) is 20.1 Å². The van der Waals surface area contributed by atoms with Gasteiger partial charge in [-0.3, -0.25) is 0 Å². The molecule has 0 unspecified atom stereocenters. The van der Waals surface area contributed by atoms with E-state index in [1.54, 1.807) is 7.11 Å². The van der Waals surface area contributed by atoms with Crippen LogP contribution < -0.4 is 10.5 Å². The Kier molecular flexibility index (Phi) is 3.22. The number of nitrogens with zero attached hydrogens (tertiary/aromatic N) is 1. The number of anilines is 1. The van der Waals surface area contributed by atoms with Crippen LogP contribution in [0.15, 0.2) is 16.7 Å². The Labute approximate surface area is 112 Å². The Balaban J connectivity index is 2.74. The summed E-state index contributed by atoms with van der Waals surface area (Å²) in [6, 6.07) is 4.08. The molecule has 1 aromatic carbocycles. The second-order valence-corrected chi connectivity index (χ2v) is 4.52. The molecule has 1 heterocycles. The number of ether oxygens (including phenoxy) is 1. The monoisotopic (exact) mass is 256 g/mol. The number of benzene rings is 1. The number of nitrogens with two attached hydrogens (primary N) is 1. The van der Waals surface area contributed by atoms with E-state index in [0.717, 1.165) is 33.6 Å². The molecule has 0 aliphatic rings. The van der Waals surface area contributed by atoms with Crippen LogP contribution in [0.4, 0.5) is 5.88 Å². The summed E-state index contributed by atoms with van der Waals surface area (Å²) in [7, 11) is 1.66. The van der Waals surface area contributed by atoms with Crippen molar-refractivity contribution >= 4 is 5.88 Å². The molecular formula is C15H16N2O2. The predicted octanol–water partition coefficient (Wildman–Crippen LogP) is 3.33. The third kappa shape index (κ3) is 1.93. The zero-order valence-corrected chi connectivity index (χ0v) is 11.5. The second-order valence-electron chi connectivity index (χ2n) is 4.52. The maximum atomic E-state index is 9.17. The van der Waals surface area contributed by atoms with Crippen molar-refractivity contribution in [1.29, 1.82) is 5.26 Å². The van der Waals surface area contributed by atoms with Crippen LogP contribution in [-0.4, -0.2) is 7.11 Å². The average Bonchev–Trinajstić information content (AvgIpc) is 2.75. The molecule has 1 aromatic heterocycles. The summed E-state index contributed by atoms with van der Waals surface area (Å²) in [6.07, 6.45) is 1.53. The molecule has 98 valence electrons. The van der Waals surface area contributed by atoms with Gasteiger partial charge in [0.15, 0.2) is 0 Å². The van der Waals surface area contributed by atoms with Crippen LogP contribution in [-0.2, 0) is 0 Å². The summed E-state index contributed by atoms with van der Waals surface area (Å²) in [5.74, 6) is 1.03. The van der Waals surface area contributed by atoms with Gasteiger partial charge in [-0.1, -0.05) is 0 Å². The van der Waals surface area contributed by atoms with E-state index in [0.29, 0.717) is 5.56 Å². The van der Waals surface area contributed by atoms with Crippen molar-refractivity contribution in [1.82, 2.24) is 0 Å². The molecule has 19 heavy (non-hydrogen) atoms. The van der Waals surface area contributed by atoms with Gasteiger partial charge >= 0.3 is 0 Å². The zero-order chi connectivity index (χ0) is 14.2. The summed E-state index contributed by atoms with van der Waals surface area (Å²) >= 11 is 0. The van der Waals surface area contributed by atoms with Crippen molar-refractivity contribution in [3.05, 3.63) is 34.6 Å². The van der Waals surface area contributed by atoms with Crippen LogP contribution in [0.1, 0.15) is 22.3 Å². The van der Waals surface area contributed by atoms with E-state index in [1.807, 2.05) is 26.8 Å². The minimum Gasteiger partial charge on any atom is -0.496 e. The van der Waals surface area contributed by atoms with Gasteiger partial charge < -0.3 is 14.9 Å². The first kappa shape index (κ1) is 13.0. The fourth-order valence-corrected chi connectivity index (χ4v) is 2.34. The Morgan fingerprint density at radius 2 is 1.89 bits per heavy atom. The highest BCUT2D eigenvalue weighted by Crippen LogP contribution is 2.37. The van der Waals surface area contributed by atoms with Crippen molar-refractivity contribution in [3.63, 3.8) is 0 Å².